The van der Waals surface area contributed by atoms with Gasteiger partial charge in [-0.05, 0) is 52.3 Å². The molecule has 0 spiro atoms. The Hall–Kier alpha value is -1.92. The van der Waals surface area contributed by atoms with E-state index in [1.165, 1.54) is 18.2 Å². The first-order chi connectivity index (χ1) is 10.0. The minimum absolute atomic E-state index is 0.160. The van der Waals surface area contributed by atoms with Gasteiger partial charge in [-0.2, -0.15) is 4.98 Å². The molecule has 0 saturated carbocycles. The van der Waals surface area contributed by atoms with Crippen LogP contribution in [0.4, 0.5) is 10.1 Å². The van der Waals surface area contributed by atoms with Crippen LogP contribution in [0.1, 0.15) is 0 Å². The minimum atomic E-state index is -0.423. The predicted octanol–water partition coefficient (Wildman–Crippen LogP) is 4.54. The molecular weight excluding hydrogens is 361 g/mol. The van der Waals surface area contributed by atoms with Crippen molar-refractivity contribution in [2.45, 2.75) is 0 Å². The second-order valence-corrected chi connectivity index (χ2v) is 5.55. The number of hydrogen-bond acceptors (Lipinski definition) is 4. The van der Waals surface area contributed by atoms with E-state index in [4.69, 9.17) is 21.9 Å². The van der Waals surface area contributed by atoms with E-state index in [0.29, 0.717) is 22.1 Å². The van der Waals surface area contributed by atoms with Gasteiger partial charge in [0.1, 0.15) is 5.82 Å². The summed E-state index contributed by atoms with van der Waals surface area (Å²) >= 11 is 9.27. The molecule has 0 radical (unpaired) electrons. The van der Waals surface area contributed by atoms with E-state index in [2.05, 4.69) is 26.1 Å². The summed E-state index contributed by atoms with van der Waals surface area (Å²) in [5.74, 6) is 0.104. The van der Waals surface area contributed by atoms with Crippen molar-refractivity contribution in [2.75, 3.05) is 5.73 Å². The van der Waals surface area contributed by atoms with Gasteiger partial charge in [0.05, 0.1) is 10.6 Å². The fourth-order valence-electron chi connectivity index (χ4n) is 1.80. The summed E-state index contributed by atoms with van der Waals surface area (Å²) in [5.41, 5.74) is 7.24. The van der Waals surface area contributed by atoms with Gasteiger partial charge in [0.25, 0.3) is 5.89 Å². The minimum Gasteiger partial charge on any atom is -0.398 e. The third-order valence-corrected chi connectivity index (χ3v) is 4.06. The van der Waals surface area contributed by atoms with Gasteiger partial charge in [-0.1, -0.05) is 16.8 Å². The summed E-state index contributed by atoms with van der Waals surface area (Å²) < 4.78 is 19.2. The Balaban J connectivity index is 2.03. The normalized spacial score (nSPS) is 10.8. The van der Waals surface area contributed by atoms with Crippen molar-refractivity contribution >= 4 is 33.2 Å². The lowest BCUT2D eigenvalue weighted by Crippen LogP contribution is -1.91. The average Bonchev–Trinajstić information content (AvgIpc) is 2.94. The standard InChI is InChI=1S/C14H8BrClFN3O/c15-10-5-7(1-3-11(10)16)13-19-14(21-20-13)9-6-8(17)2-4-12(9)18/h1-6H,18H2. The first kappa shape index (κ1) is 14.0. The van der Waals surface area contributed by atoms with Crippen molar-refractivity contribution in [1.82, 2.24) is 10.1 Å². The fraction of sp³-hybridized carbons (Fsp3) is 0. The van der Waals surface area contributed by atoms with Crippen LogP contribution in [0.5, 0.6) is 0 Å². The SMILES string of the molecule is Nc1ccc(F)cc1-c1nc(-c2ccc(Cl)c(Br)c2)no1. The Morgan fingerprint density at radius 3 is 2.76 bits per heavy atom. The molecule has 1 heterocycles. The molecular formula is C14H8BrClFN3O. The second kappa shape index (κ2) is 5.46. The Bertz CT molecular complexity index is 822. The Labute approximate surface area is 132 Å². The van der Waals surface area contributed by atoms with Crippen LogP contribution in [0.3, 0.4) is 0 Å². The zero-order chi connectivity index (χ0) is 15.0. The van der Waals surface area contributed by atoms with Gasteiger partial charge >= 0.3 is 0 Å². The van der Waals surface area contributed by atoms with Gasteiger partial charge in [-0.15, -0.1) is 0 Å². The molecule has 0 saturated heterocycles. The van der Waals surface area contributed by atoms with Gasteiger partial charge in [-0.25, -0.2) is 4.39 Å². The third kappa shape index (κ3) is 2.77. The molecule has 0 atom stereocenters. The Morgan fingerprint density at radius 1 is 1.19 bits per heavy atom. The van der Waals surface area contributed by atoms with Crippen molar-refractivity contribution in [1.29, 1.82) is 0 Å². The van der Waals surface area contributed by atoms with Crippen LogP contribution in [0.2, 0.25) is 5.02 Å². The van der Waals surface area contributed by atoms with E-state index in [9.17, 15) is 4.39 Å². The highest BCUT2D eigenvalue weighted by Gasteiger charge is 2.14. The third-order valence-electron chi connectivity index (χ3n) is 2.85. The quantitative estimate of drug-likeness (QED) is 0.674. The highest BCUT2D eigenvalue weighted by molar-refractivity contribution is 9.10. The summed E-state index contributed by atoms with van der Waals surface area (Å²) in [5, 5.41) is 4.46. The van der Waals surface area contributed by atoms with E-state index in [0.717, 1.165) is 10.0 Å². The second-order valence-electron chi connectivity index (χ2n) is 4.28. The first-order valence-electron chi connectivity index (χ1n) is 5.89. The van der Waals surface area contributed by atoms with Gasteiger partial charge in [0.15, 0.2) is 0 Å². The summed E-state index contributed by atoms with van der Waals surface area (Å²) in [6, 6.07) is 9.22. The molecule has 3 rings (SSSR count). The first-order valence-corrected chi connectivity index (χ1v) is 7.06. The zero-order valence-corrected chi connectivity index (χ0v) is 12.8. The molecule has 0 bridgehead atoms. The number of nitrogen functional groups attached to an aromatic ring is 1. The molecule has 0 fully saturated rings. The zero-order valence-electron chi connectivity index (χ0n) is 10.5. The van der Waals surface area contributed by atoms with Crippen LogP contribution in [0.25, 0.3) is 22.8 Å². The average molecular weight is 369 g/mol. The summed E-state index contributed by atoms with van der Waals surface area (Å²) in [6.45, 7) is 0. The Kier molecular flexibility index (Phi) is 3.65. The number of benzene rings is 2. The molecule has 0 aliphatic heterocycles. The number of aromatic nitrogens is 2. The van der Waals surface area contributed by atoms with Crippen molar-refractivity contribution in [3.05, 3.63) is 51.7 Å². The molecule has 3 aromatic rings. The van der Waals surface area contributed by atoms with Crippen LogP contribution in [0, 0.1) is 5.82 Å². The largest absolute Gasteiger partial charge is 0.398 e. The van der Waals surface area contributed by atoms with E-state index in [-0.39, 0.29) is 5.89 Å². The Morgan fingerprint density at radius 2 is 2.00 bits per heavy atom. The molecule has 2 aromatic carbocycles. The predicted molar refractivity (Wildman–Crippen MR) is 82.3 cm³/mol. The van der Waals surface area contributed by atoms with Crippen LogP contribution in [0.15, 0.2) is 45.4 Å². The topological polar surface area (TPSA) is 64.9 Å². The maximum Gasteiger partial charge on any atom is 0.260 e. The number of halogens is 3. The summed E-state index contributed by atoms with van der Waals surface area (Å²) in [7, 11) is 0. The lowest BCUT2D eigenvalue weighted by Gasteiger charge is -2.00. The number of nitrogens with two attached hydrogens (primary N) is 1. The molecule has 106 valence electrons. The van der Waals surface area contributed by atoms with Crippen LogP contribution in [-0.2, 0) is 0 Å². The van der Waals surface area contributed by atoms with E-state index in [1.807, 2.05) is 0 Å². The highest BCUT2D eigenvalue weighted by Crippen LogP contribution is 2.30. The van der Waals surface area contributed by atoms with Gasteiger partial charge in [-0.3, -0.25) is 0 Å². The molecule has 2 N–H and O–H groups in total. The summed E-state index contributed by atoms with van der Waals surface area (Å²) in [6.07, 6.45) is 0. The maximum absolute atomic E-state index is 13.3. The lowest BCUT2D eigenvalue weighted by atomic mass is 10.1. The number of hydrogen-bond donors (Lipinski definition) is 1. The van der Waals surface area contributed by atoms with E-state index in [1.54, 1.807) is 18.2 Å². The van der Waals surface area contributed by atoms with Crippen molar-refractivity contribution in [3.63, 3.8) is 0 Å². The number of anilines is 1. The highest BCUT2D eigenvalue weighted by atomic mass is 79.9. The molecule has 0 amide bonds. The van der Waals surface area contributed by atoms with Crippen LogP contribution >= 0.6 is 27.5 Å². The van der Waals surface area contributed by atoms with E-state index >= 15 is 0 Å². The molecule has 0 aliphatic carbocycles. The molecule has 0 unspecified atom stereocenters. The smallest absolute Gasteiger partial charge is 0.260 e. The van der Waals surface area contributed by atoms with Gasteiger partial charge in [0, 0.05) is 15.7 Å². The van der Waals surface area contributed by atoms with Crippen molar-refractivity contribution in [2.24, 2.45) is 0 Å². The van der Waals surface area contributed by atoms with Crippen molar-refractivity contribution in [3.8, 4) is 22.8 Å². The van der Waals surface area contributed by atoms with Crippen LogP contribution in [-0.4, -0.2) is 10.1 Å². The monoisotopic (exact) mass is 367 g/mol. The maximum atomic E-state index is 13.3. The molecule has 1 aromatic heterocycles. The van der Waals surface area contributed by atoms with Crippen LogP contribution < -0.4 is 5.73 Å². The number of rotatable bonds is 2. The molecule has 7 heteroatoms. The molecule has 4 nitrogen and oxygen atoms in total. The van der Waals surface area contributed by atoms with Gasteiger partial charge in [0.2, 0.25) is 5.82 Å². The summed E-state index contributed by atoms with van der Waals surface area (Å²) in [4.78, 5) is 4.24. The molecule has 0 aliphatic rings. The molecule has 21 heavy (non-hydrogen) atoms. The van der Waals surface area contributed by atoms with E-state index < -0.39 is 5.82 Å². The number of nitrogens with zero attached hydrogens (tertiary/aromatic N) is 2. The van der Waals surface area contributed by atoms with Crippen molar-refractivity contribution < 1.29 is 8.91 Å². The van der Waals surface area contributed by atoms with Gasteiger partial charge < -0.3 is 10.3 Å². The lowest BCUT2D eigenvalue weighted by molar-refractivity contribution is 0.432. The fourth-order valence-corrected chi connectivity index (χ4v) is 2.30.